The van der Waals surface area contributed by atoms with E-state index >= 15 is 0 Å². The number of hydrogen-bond acceptors (Lipinski definition) is 4. The largest absolute Gasteiger partial charge is 0.337 e. The molecule has 1 aromatic carbocycles. The Labute approximate surface area is 157 Å². The van der Waals surface area contributed by atoms with Crippen LogP contribution in [0.15, 0.2) is 30.3 Å². The van der Waals surface area contributed by atoms with E-state index in [1.54, 1.807) is 0 Å². The van der Waals surface area contributed by atoms with Crippen molar-refractivity contribution < 1.29 is 9.59 Å². The molecule has 1 fully saturated rings. The number of benzene rings is 1. The van der Waals surface area contributed by atoms with Gasteiger partial charge in [-0.3, -0.25) is 9.59 Å². The lowest BCUT2D eigenvalue weighted by molar-refractivity contribution is -0.132. The van der Waals surface area contributed by atoms with Gasteiger partial charge in [-0.25, -0.2) is 4.98 Å². The average Bonchev–Trinajstić information content (AvgIpc) is 3.00. The van der Waals surface area contributed by atoms with Gasteiger partial charge in [0.15, 0.2) is 5.13 Å². The smallest absolute Gasteiger partial charge is 0.229 e. The summed E-state index contributed by atoms with van der Waals surface area (Å²) in [6.45, 7) is 1.32. The molecule has 0 atom stereocenters. The first-order valence-corrected chi connectivity index (χ1v) is 10.1. The summed E-state index contributed by atoms with van der Waals surface area (Å²) in [5.74, 6) is 0.443. The molecular formula is C20H23N3O2S. The second-order valence-electron chi connectivity index (χ2n) is 7.06. The van der Waals surface area contributed by atoms with E-state index in [-0.39, 0.29) is 17.7 Å². The minimum atomic E-state index is 0.0955. The Balaban J connectivity index is 1.33. The molecule has 136 valence electrons. The third kappa shape index (κ3) is 3.80. The predicted octanol–water partition coefficient (Wildman–Crippen LogP) is 3.40. The molecule has 1 aromatic heterocycles. The van der Waals surface area contributed by atoms with E-state index in [0.29, 0.717) is 24.6 Å². The molecule has 4 rings (SSSR count). The lowest BCUT2D eigenvalue weighted by atomic mass is 9.85. The van der Waals surface area contributed by atoms with Crippen LogP contribution in [0.5, 0.6) is 0 Å². The molecule has 2 amide bonds. The van der Waals surface area contributed by atoms with Gasteiger partial charge >= 0.3 is 0 Å². The monoisotopic (exact) mass is 369 g/mol. The number of fused-ring (bicyclic) bond motifs is 1. The summed E-state index contributed by atoms with van der Waals surface area (Å²) in [7, 11) is 0. The topological polar surface area (TPSA) is 62.3 Å². The minimum absolute atomic E-state index is 0.0955. The molecule has 1 N–H and O–H groups in total. The summed E-state index contributed by atoms with van der Waals surface area (Å²) in [6.07, 6.45) is 5.19. The number of rotatable bonds is 5. The molecule has 6 heteroatoms. The average molecular weight is 369 g/mol. The Kier molecular flexibility index (Phi) is 5.02. The third-order valence-electron chi connectivity index (χ3n) is 5.26. The van der Waals surface area contributed by atoms with Gasteiger partial charge < -0.3 is 10.2 Å². The molecule has 0 radical (unpaired) electrons. The fraction of sp³-hybridized carbons (Fsp3) is 0.450. The number of aryl methyl sites for hydroxylation is 1. The van der Waals surface area contributed by atoms with Crippen molar-refractivity contribution in [3.8, 4) is 0 Å². The maximum absolute atomic E-state index is 12.5. The van der Waals surface area contributed by atoms with Gasteiger partial charge in [0.1, 0.15) is 0 Å². The van der Waals surface area contributed by atoms with Crippen molar-refractivity contribution in [2.75, 3.05) is 11.9 Å². The third-order valence-corrected chi connectivity index (χ3v) is 6.26. The van der Waals surface area contributed by atoms with Crippen LogP contribution in [-0.4, -0.2) is 28.2 Å². The number of amides is 2. The van der Waals surface area contributed by atoms with Gasteiger partial charge in [-0.2, -0.15) is 0 Å². The number of aromatic nitrogens is 1. The van der Waals surface area contributed by atoms with Gasteiger partial charge in [0.25, 0.3) is 0 Å². The van der Waals surface area contributed by atoms with Crippen LogP contribution in [0.4, 0.5) is 5.13 Å². The molecule has 0 bridgehead atoms. The number of hydrogen-bond donors (Lipinski definition) is 1. The summed E-state index contributed by atoms with van der Waals surface area (Å²) in [4.78, 5) is 32.2. The van der Waals surface area contributed by atoms with Crippen LogP contribution in [0.25, 0.3) is 0 Å². The van der Waals surface area contributed by atoms with E-state index < -0.39 is 0 Å². The molecule has 1 saturated carbocycles. The lowest BCUT2D eigenvalue weighted by Gasteiger charge is -2.26. The Hall–Kier alpha value is -2.21. The Morgan fingerprint density at radius 2 is 2.04 bits per heavy atom. The van der Waals surface area contributed by atoms with Crippen molar-refractivity contribution in [2.24, 2.45) is 5.92 Å². The van der Waals surface area contributed by atoms with Gasteiger partial charge in [0.2, 0.25) is 11.8 Å². The standard InChI is InChI=1S/C20H23N3O2S/c24-18(10-9-14-5-2-1-3-6-14)23-12-11-16-17(13-23)26-20(21-16)22-19(25)15-7-4-8-15/h1-3,5-6,15H,4,7-13H2,(H,21,22,25). The van der Waals surface area contributed by atoms with Crippen molar-refractivity contribution in [3.05, 3.63) is 46.5 Å². The van der Waals surface area contributed by atoms with E-state index in [2.05, 4.69) is 22.4 Å². The summed E-state index contributed by atoms with van der Waals surface area (Å²) in [6, 6.07) is 10.1. The molecule has 0 unspecified atom stereocenters. The number of carbonyl (C=O) groups is 2. The Morgan fingerprint density at radius 3 is 2.77 bits per heavy atom. The first-order valence-electron chi connectivity index (χ1n) is 9.30. The van der Waals surface area contributed by atoms with Crippen LogP contribution in [0.2, 0.25) is 0 Å². The molecule has 2 aromatic rings. The highest BCUT2D eigenvalue weighted by atomic mass is 32.1. The summed E-state index contributed by atoms with van der Waals surface area (Å²) >= 11 is 1.51. The Bertz CT molecular complexity index is 799. The van der Waals surface area contributed by atoms with E-state index in [1.807, 2.05) is 23.1 Å². The molecule has 2 heterocycles. The van der Waals surface area contributed by atoms with Crippen LogP contribution in [0.1, 0.15) is 41.8 Å². The van der Waals surface area contributed by atoms with E-state index in [9.17, 15) is 9.59 Å². The quantitative estimate of drug-likeness (QED) is 0.879. The number of nitrogens with one attached hydrogen (secondary N) is 1. The highest BCUT2D eigenvalue weighted by Gasteiger charge is 2.28. The maximum Gasteiger partial charge on any atom is 0.229 e. The molecule has 26 heavy (non-hydrogen) atoms. The van der Waals surface area contributed by atoms with Crippen molar-refractivity contribution >= 4 is 28.3 Å². The van der Waals surface area contributed by atoms with Crippen LogP contribution in [0, 0.1) is 5.92 Å². The zero-order valence-electron chi connectivity index (χ0n) is 14.7. The van der Waals surface area contributed by atoms with Gasteiger partial charge in [-0.15, -0.1) is 0 Å². The van der Waals surface area contributed by atoms with Crippen molar-refractivity contribution in [3.63, 3.8) is 0 Å². The normalized spacial score (nSPS) is 16.7. The second kappa shape index (κ2) is 7.58. The van der Waals surface area contributed by atoms with E-state index in [0.717, 1.165) is 42.7 Å². The van der Waals surface area contributed by atoms with Crippen LogP contribution in [0.3, 0.4) is 0 Å². The predicted molar refractivity (Wildman–Crippen MR) is 102 cm³/mol. The first-order chi connectivity index (χ1) is 12.7. The van der Waals surface area contributed by atoms with E-state index in [4.69, 9.17) is 0 Å². The molecule has 5 nitrogen and oxygen atoms in total. The number of carbonyl (C=O) groups excluding carboxylic acids is 2. The summed E-state index contributed by atoms with van der Waals surface area (Å²) in [5, 5.41) is 3.64. The number of anilines is 1. The van der Waals surface area contributed by atoms with Crippen LogP contribution < -0.4 is 5.32 Å². The maximum atomic E-state index is 12.5. The zero-order chi connectivity index (χ0) is 17.9. The molecular weight excluding hydrogens is 346 g/mol. The van der Waals surface area contributed by atoms with Gasteiger partial charge in [0, 0.05) is 30.2 Å². The number of nitrogens with zero attached hydrogens (tertiary/aromatic N) is 2. The van der Waals surface area contributed by atoms with Gasteiger partial charge in [-0.1, -0.05) is 48.1 Å². The van der Waals surface area contributed by atoms with Crippen molar-refractivity contribution in [1.82, 2.24) is 9.88 Å². The minimum Gasteiger partial charge on any atom is -0.337 e. The van der Waals surface area contributed by atoms with Crippen molar-refractivity contribution in [1.29, 1.82) is 0 Å². The second-order valence-corrected chi connectivity index (χ2v) is 8.14. The molecule has 0 spiro atoms. The highest BCUT2D eigenvalue weighted by molar-refractivity contribution is 7.15. The SMILES string of the molecule is O=C(Nc1nc2c(s1)CN(C(=O)CCc1ccccc1)CC2)C1CCC1. The van der Waals surface area contributed by atoms with Gasteiger partial charge in [0.05, 0.1) is 12.2 Å². The van der Waals surface area contributed by atoms with Gasteiger partial charge in [-0.05, 0) is 24.8 Å². The van der Waals surface area contributed by atoms with Crippen LogP contribution in [-0.2, 0) is 29.0 Å². The number of thiazole rings is 1. The molecule has 2 aliphatic rings. The summed E-state index contributed by atoms with van der Waals surface area (Å²) in [5.41, 5.74) is 2.23. The van der Waals surface area contributed by atoms with E-state index in [1.165, 1.54) is 16.9 Å². The lowest BCUT2D eigenvalue weighted by Crippen LogP contribution is -2.35. The van der Waals surface area contributed by atoms with Crippen LogP contribution >= 0.6 is 11.3 Å². The Morgan fingerprint density at radius 1 is 1.23 bits per heavy atom. The molecule has 0 saturated heterocycles. The fourth-order valence-electron chi connectivity index (χ4n) is 3.39. The highest BCUT2D eigenvalue weighted by Crippen LogP contribution is 2.31. The first kappa shape index (κ1) is 17.2. The van der Waals surface area contributed by atoms with Crippen molar-refractivity contribution in [2.45, 2.75) is 45.1 Å². The molecule has 1 aliphatic heterocycles. The fourth-order valence-corrected chi connectivity index (χ4v) is 4.42. The zero-order valence-corrected chi connectivity index (χ0v) is 15.6. The summed E-state index contributed by atoms with van der Waals surface area (Å²) < 4.78 is 0. The molecule has 1 aliphatic carbocycles.